The number of halogens is 2. The first-order valence-corrected chi connectivity index (χ1v) is 10.6. The second-order valence-electron chi connectivity index (χ2n) is 6.95. The monoisotopic (exact) mass is 461 g/mol. The van der Waals surface area contributed by atoms with E-state index in [1.165, 1.54) is 31.4 Å². The van der Waals surface area contributed by atoms with Crippen LogP contribution in [0.25, 0.3) is 0 Å². The maximum atomic E-state index is 14.5. The van der Waals surface area contributed by atoms with Gasteiger partial charge in [0.15, 0.2) is 0 Å². The number of carbonyl (C=O) groups is 1. The summed E-state index contributed by atoms with van der Waals surface area (Å²) in [4.78, 5) is 22.7. The summed E-state index contributed by atoms with van der Waals surface area (Å²) in [6, 6.07) is 5.83. The number of pyridine rings is 1. The Morgan fingerprint density at radius 2 is 2.03 bits per heavy atom. The van der Waals surface area contributed by atoms with Gasteiger partial charge in [-0.05, 0) is 25.2 Å². The maximum Gasteiger partial charge on any atom is 0.253 e. The van der Waals surface area contributed by atoms with Gasteiger partial charge in [0.05, 0.1) is 28.2 Å². The van der Waals surface area contributed by atoms with Crippen LogP contribution < -0.4 is 16.0 Å². The van der Waals surface area contributed by atoms with Crippen LogP contribution in [0.1, 0.15) is 30.6 Å². The Morgan fingerprint density at radius 1 is 1.31 bits per heavy atom. The second-order valence-corrected chi connectivity index (χ2v) is 7.36. The summed E-state index contributed by atoms with van der Waals surface area (Å²) in [6.45, 7) is 6.41. The quantitative estimate of drug-likeness (QED) is 0.314. The summed E-state index contributed by atoms with van der Waals surface area (Å²) in [5.74, 6) is -0.0253. The molecule has 0 radical (unpaired) electrons. The summed E-state index contributed by atoms with van der Waals surface area (Å²) in [5.41, 5.74) is 1.05. The topological polar surface area (TPSA) is 106 Å². The van der Waals surface area contributed by atoms with E-state index in [4.69, 9.17) is 17.0 Å². The number of hydrogen-bond donors (Lipinski definition) is 4. The molecule has 0 saturated carbocycles. The molecule has 4 N–H and O–H groups in total. The smallest absolute Gasteiger partial charge is 0.253 e. The lowest BCUT2D eigenvalue weighted by molar-refractivity contribution is 0.0963. The predicted molar refractivity (Wildman–Crippen MR) is 129 cm³/mol. The number of hydrogen-bond acceptors (Lipinski definition) is 6. The number of carbonyl (C=O) groups excluding carboxylic acids is 1. The summed E-state index contributed by atoms with van der Waals surface area (Å²) < 4.78 is 14.5. The molecule has 0 atom stereocenters. The van der Waals surface area contributed by atoms with Crippen LogP contribution in [0.15, 0.2) is 35.5 Å². The van der Waals surface area contributed by atoms with Crippen LogP contribution in [-0.2, 0) is 0 Å². The van der Waals surface area contributed by atoms with Crippen LogP contribution >= 0.6 is 11.6 Å². The normalized spacial score (nSPS) is 11.4. The number of amidine groups is 1. The van der Waals surface area contributed by atoms with Crippen LogP contribution in [0.5, 0.6) is 0 Å². The average Bonchev–Trinajstić information content (AvgIpc) is 2.79. The minimum Gasteiger partial charge on any atom is -0.355 e. The summed E-state index contributed by atoms with van der Waals surface area (Å²) in [7, 11) is 3.11. The van der Waals surface area contributed by atoms with E-state index in [1.807, 2.05) is 0 Å². The first-order valence-electron chi connectivity index (χ1n) is 10.3. The van der Waals surface area contributed by atoms with Crippen molar-refractivity contribution in [2.75, 3.05) is 44.4 Å². The molecule has 2 rings (SSSR count). The Kier molecular flexibility index (Phi) is 9.55. The van der Waals surface area contributed by atoms with Gasteiger partial charge in [-0.2, -0.15) is 0 Å². The lowest BCUT2D eigenvalue weighted by Gasteiger charge is -2.19. The van der Waals surface area contributed by atoms with Gasteiger partial charge in [0.25, 0.3) is 5.91 Å². The zero-order valence-electron chi connectivity index (χ0n) is 18.7. The minimum absolute atomic E-state index is 0.0104. The first-order chi connectivity index (χ1) is 15.3. The number of amides is 1. The summed E-state index contributed by atoms with van der Waals surface area (Å²) in [5, 5.41) is 17.0. The Labute approximate surface area is 192 Å². The van der Waals surface area contributed by atoms with E-state index in [0.717, 1.165) is 13.1 Å². The van der Waals surface area contributed by atoms with Crippen molar-refractivity contribution in [1.29, 1.82) is 5.41 Å². The lowest BCUT2D eigenvalue weighted by Crippen LogP contribution is -2.31. The molecule has 0 fully saturated rings. The molecular weight excluding hydrogens is 433 g/mol. The number of aliphatic imine (C=N–C) groups is 1. The van der Waals surface area contributed by atoms with Crippen molar-refractivity contribution in [1.82, 2.24) is 15.2 Å². The van der Waals surface area contributed by atoms with Gasteiger partial charge in [-0.25, -0.2) is 9.37 Å². The molecule has 0 aliphatic rings. The molecule has 0 aliphatic carbocycles. The fraction of sp³-hybridized carbons (Fsp3) is 0.364. The molecule has 1 heterocycles. The number of para-hydroxylation sites is 1. The first kappa shape index (κ1) is 25.2. The standard InChI is InChI=1S/C22H29ClFN7O/c1-5-31(6-2)13-14(25)10-19(26-3)30-20-11-18(16(23)12-28-20)29-21-15(22(32)27-4)8-7-9-17(21)24/h7-9,11-12,25H,5-6,10,13H2,1-4H3,(H,27,32)(H2,26,28,29,30). The van der Waals surface area contributed by atoms with Gasteiger partial charge in [0.2, 0.25) is 0 Å². The third kappa shape index (κ3) is 6.73. The zero-order chi connectivity index (χ0) is 23.7. The third-order valence-electron chi connectivity index (χ3n) is 4.83. The summed E-state index contributed by atoms with van der Waals surface area (Å²) >= 11 is 6.26. The van der Waals surface area contributed by atoms with Crippen LogP contribution in [-0.4, -0.2) is 61.1 Å². The van der Waals surface area contributed by atoms with Gasteiger partial charge in [-0.15, -0.1) is 0 Å². The minimum atomic E-state index is -0.589. The number of benzene rings is 1. The Morgan fingerprint density at radius 3 is 2.66 bits per heavy atom. The van der Waals surface area contributed by atoms with Crippen LogP contribution in [0.2, 0.25) is 5.02 Å². The van der Waals surface area contributed by atoms with Crippen molar-refractivity contribution in [3.05, 3.63) is 46.9 Å². The summed E-state index contributed by atoms with van der Waals surface area (Å²) in [6.07, 6.45) is 1.76. The molecule has 32 heavy (non-hydrogen) atoms. The molecular formula is C22H29ClFN7O. The fourth-order valence-corrected chi connectivity index (χ4v) is 3.17. The van der Waals surface area contributed by atoms with E-state index < -0.39 is 11.7 Å². The van der Waals surface area contributed by atoms with E-state index in [2.05, 4.69) is 44.7 Å². The van der Waals surface area contributed by atoms with Crippen molar-refractivity contribution in [2.45, 2.75) is 20.3 Å². The van der Waals surface area contributed by atoms with Gasteiger partial charge in [-0.3, -0.25) is 14.7 Å². The van der Waals surface area contributed by atoms with E-state index >= 15 is 0 Å². The van der Waals surface area contributed by atoms with Gasteiger partial charge in [0.1, 0.15) is 17.5 Å². The number of anilines is 3. The van der Waals surface area contributed by atoms with Crippen molar-refractivity contribution in [3.63, 3.8) is 0 Å². The molecule has 2 aromatic rings. The molecule has 0 aliphatic heterocycles. The number of aromatic nitrogens is 1. The van der Waals surface area contributed by atoms with Crippen molar-refractivity contribution < 1.29 is 9.18 Å². The highest BCUT2D eigenvalue weighted by Crippen LogP contribution is 2.30. The molecule has 0 saturated heterocycles. The number of nitrogens with one attached hydrogen (secondary N) is 4. The Balaban J connectivity index is 2.21. The molecule has 8 nitrogen and oxygen atoms in total. The fourth-order valence-electron chi connectivity index (χ4n) is 3.01. The SMILES string of the molecule is CCN(CC)CC(=N)CC(=NC)Nc1cc(Nc2c(F)cccc2C(=O)NC)c(Cl)cn1. The molecule has 0 bridgehead atoms. The molecule has 0 spiro atoms. The van der Waals surface area contributed by atoms with Crippen molar-refractivity contribution >= 4 is 46.2 Å². The van der Waals surface area contributed by atoms with Crippen molar-refractivity contribution in [2.24, 2.45) is 4.99 Å². The van der Waals surface area contributed by atoms with E-state index in [9.17, 15) is 9.18 Å². The highest BCUT2D eigenvalue weighted by atomic mass is 35.5. The molecule has 10 heteroatoms. The van der Waals surface area contributed by atoms with E-state index in [-0.39, 0.29) is 16.3 Å². The highest BCUT2D eigenvalue weighted by Gasteiger charge is 2.16. The van der Waals surface area contributed by atoms with Crippen LogP contribution in [0.3, 0.4) is 0 Å². The zero-order valence-corrected chi connectivity index (χ0v) is 19.5. The van der Waals surface area contributed by atoms with Crippen LogP contribution in [0, 0.1) is 11.2 Å². The van der Waals surface area contributed by atoms with E-state index in [0.29, 0.717) is 36.0 Å². The molecule has 1 amide bonds. The van der Waals surface area contributed by atoms with Crippen molar-refractivity contribution in [3.8, 4) is 0 Å². The van der Waals surface area contributed by atoms with Crippen LogP contribution in [0.4, 0.5) is 21.6 Å². The highest BCUT2D eigenvalue weighted by molar-refractivity contribution is 6.33. The average molecular weight is 462 g/mol. The number of rotatable bonds is 10. The van der Waals surface area contributed by atoms with Gasteiger partial charge >= 0.3 is 0 Å². The third-order valence-corrected chi connectivity index (χ3v) is 5.13. The molecule has 172 valence electrons. The predicted octanol–water partition coefficient (Wildman–Crippen LogP) is 4.17. The molecule has 1 aromatic heterocycles. The second kappa shape index (κ2) is 12.1. The maximum absolute atomic E-state index is 14.5. The van der Waals surface area contributed by atoms with Gasteiger partial charge in [0, 0.05) is 38.8 Å². The van der Waals surface area contributed by atoms with Gasteiger partial charge < -0.3 is 21.4 Å². The van der Waals surface area contributed by atoms with Gasteiger partial charge in [-0.1, -0.05) is 31.5 Å². The lowest BCUT2D eigenvalue weighted by atomic mass is 10.1. The van der Waals surface area contributed by atoms with E-state index in [1.54, 1.807) is 13.1 Å². The largest absolute Gasteiger partial charge is 0.355 e. The molecule has 0 unspecified atom stereocenters. The Bertz CT molecular complexity index is 992. The Hall–Kier alpha value is -3.04. The molecule has 1 aromatic carbocycles. The number of nitrogens with zero attached hydrogens (tertiary/aromatic N) is 3.